The van der Waals surface area contributed by atoms with Gasteiger partial charge in [0.2, 0.25) is 5.88 Å². The van der Waals surface area contributed by atoms with Crippen molar-refractivity contribution in [2.24, 2.45) is 0 Å². The molecule has 8 nitrogen and oxygen atoms in total. The van der Waals surface area contributed by atoms with Gasteiger partial charge in [0.25, 0.3) is 5.91 Å². The van der Waals surface area contributed by atoms with Gasteiger partial charge < -0.3 is 24.4 Å². The SMILES string of the molecule is CCOC(=O)N1CCC(NC(=O)c2ccc(OCCOC(C)(C)C)nc2)CC1. The fourth-order valence-electron chi connectivity index (χ4n) is 2.78. The monoisotopic (exact) mass is 393 g/mol. The number of hydrogen-bond donors (Lipinski definition) is 1. The van der Waals surface area contributed by atoms with E-state index in [0.717, 1.165) is 0 Å². The molecule has 1 aromatic heterocycles. The van der Waals surface area contributed by atoms with Crippen molar-refractivity contribution in [2.45, 2.75) is 52.2 Å². The van der Waals surface area contributed by atoms with Crippen molar-refractivity contribution in [1.82, 2.24) is 15.2 Å². The van der Waals surface area contributed by atoms with Crippen LogP contribution in [0.25, 0.3) is 0 Å². The highest BCUT2D eigenvalue weighted by atomic mass is 16.6. The van der Waals surface area contributed by atoms with Crippen LogP contribution < -0.4 is 10.1 Å². The van der Waals surface area contributed by atoms with Gasteiger partial charge in [0, 0.05) is 31.4 Å². The molecule has 156 valence electrons. The molecular weight excluding hydrogens is 362 g/mol. The number of nitrogens with one attached hydrogen (secondary N) is 1. The van der Waals surface area contributed by atoms with Crippen LogP contribution in [-0.4, -0.2) is 66.4 Å². The minimum absolute atomic E-state index is 0.0312. The van der Waals surface area contributed by atoms with Crippen LogP contribution in [0.15, 0.2) is 18.3 Å². The van der Waals surface area contributed by atoms with Gasteiger partial charge in [0.1, 0.15) is 6.61 Å². The predicted octanol–water partition coefficient (Wildman–Crippen LogP) is 2.63. The Morgan fingerprint density at radius 2 is 1.93 bits per heavy atom. The molecule has 2 rings (SSSR count). The first kappa shape index (κ1) is 21.9. The zero-order chi connectivity index (χ0) is 20.6. The molecule has 0 aromatic carbocycles. The summed E-state index contributed by atoms with van der Waals surface area (Å²) in [6.45, 7) is 10.1. The minimum Gasteiger partial charge on any atom is -0.475 e. The van der Waals surface area contributed by atoms with E-state index in [9.17, 15) is 9.59 Å². The third-order valence-corrected chi connectivity index (χ3v) is 4.22. The van der Waals surface area contributed by atoms with Gasteiger partial charge in [-0.1, -0.05) is 0 Å². The van der Waals surface area contributed by atoms with Crippen molar-refractivity contribution >= 4 is 12.0 Å². The normalized spacial score (nSPS) is 15.2. The molecule has 0 aliphatic carbocycles. The van der Waals surface area contributed by atoms with Crippen molar-refractivity contribution in [3.05, 3.63) is 23.9 Å². The lowest BCUT2D eigenvalue weighted by Gasteiger charge is -2.31. The number of rotatable bonds is 7. The van der Waals surface area contributed by atoms with Gasteiger partial charge in [-0.25, -0.2) is 9.78 Å². The number of nitrogens with zero attached hydrogens (tertiary/aromatic N) is 2. The van der Waals surface area contributed by atoms with Gasteiger partial charge in [-0.3, -0.25) is 4.79 Å². The fourth-order valence-corrected chi connectivity index (χ4v) is 2.78. The van der Waals surface area contributed by atoms with Crippen molar-refractivity contribution in [3.8, 4) is 5.88 Å². The van der Waals surface area contributed by atoms with Crippen LogP contribution in [0.3, 0.4) is 0 Å². The molecule has 2 amide bonds. The standard InChI is InChI=1S/C20H31N3O5/c1-5-26-19(25)23-10-8-16(9-11-23)22-18(24)15-6-7-17(21-14-15)27-12-13-28-20(2,3)4/h6-7,14,16H,5,8-13H2,1-4H3,(H,22,24). The summed E-state index contributed by atoms with van der Waals surface area (Å²) in [4.78, 5) is 30.0. The van der Waals surface area contributed by atoms with Crippen LogP contribution in [0.5, 0.6) is 5.88 Å². The van der Waals surface area contributed by atoms with Crippen LogP contribution in [0.2, 0.25) is 0 Å². The molecule has 0 bridgehead atoms. The zero-order valence-corrected chi connectivity index (χ0v) is 17.2. The molecule has 1 aromatic rings. The first-order valence-electron chi connectivity index (χ1n) is 9.74. The molecule has 0 unspecified atom stereocenters. The average molecular weight is 393 g/mol. The summed E-state index contributed by atoms with van der Waals surface area (Å²) >= 11 is 0. The number of amides is 2. The van der Waals surface area contributed by atoms with Gasteiger partial charge in [0.15, 0.2) is 0 Å². The largest absolute Gasteiger partial charge is 0.475 e. The molecule has 1 saturated heterocycles. The number of pyridine rings is 1. The summed E-state index contributed by atoms with van der Waals surface area (Å²) in [5, 5.41) is 3.00. The Morgan fingerprint density at radius 3 is 2.50 bits per heavy atom. The van der Waals surface area contributed by atoms with Crippen LogP contribution in [0, 0.1) is 0 Å². The van der Waals surface area contributed by atoms with E-state index in [1.54, 1.807) is 24.0 Å². The number of aromatic nitrogens is 1. The van der Waals surface area contributed by atoms with Crippen molar-refractivity contribution in [3.63, 3.8) is 0 Å². The van der Waals surface area contributed by atoms with Crippen LogP contribution >= 0.6 is 0 Å². The lowest BCUT2D eigenvalue weighted by atomic mass is 10.0. The van der Waals surface area contributed by atoms with E-state index in [4.69, 9.17) is 14.2 Å². The molecule has 28 heavy (non-hydrogen) atoms. The Morgan fingerprint density at radius 1 is 1.21 bits per heavy atom. The Hall–Kier alpha value is -2.35. The molecule has 0 spiro atoms. The van der Waals surface area contributed by atoms with Crippen LogP contribution in [0.1, 0.15) is 50.9 Å². The predicted molar refractivity (Wildman–Crippen MR) is 105 cm³/mol. The highest BCUT2D eigenvalue weighted by Crippen LogP contribution is 2.13. The summed E-state index contributed by atoms with van der Waals surface area (Å²) < 4.78 is 16.1. The number of ether oxygens (including phenoxy) is 3. The second-order valence-corrected chi connectivity index (χ2v) is 7.63. The topological polar surface area (TPSA) is 90.0 Å². The summed E-state index contributed by atoms with van der Waals surface area (Å²) in [6, 6.07) is 3.40. The second-order valence-electron chi connectivity index (χ2n) is 7.63. The van der Waals surface area contributed by atoms with Crippen molar-refractivity contribution in [1.29, 1.82) is 0 Å². The number of likely N-dealkylation sites (tertiary alicyclic amines) is 1. The highest BCUT2D eigenvalue weighted by Gasteiger charge is 2.24. The maximum Gasteiger partial charge on any atom is 0.409 e. The van der Waals surface area contributed by atoms with Gasteiger partial charge in [0.05, 0.1) is 24.4 Å². The molecule has 0 radical (unpaired) electrons. The first-order chi connectivity index (χ1) is 13.3. The molecule has 1 fully saturated rings. The molecule has 2 heterocycles. The number of piperidine rings is 1. The van der Waals surface area contributed by atoms with E-state index in [1.807, 2.05) is 20.8 Å². The Labute approximate surface area is 166 Å². The lowest BCUT2D eigenvalue weighted by molar-refractivity contribution is -0.0168. The Balaban J connectivity index is 1.74. The molecule has 0 saturated carbocycles. The molecule has 8 heteroatoms. The maximum atomic E-state index is 12.4. The van der Waals surface area contributed by atoms with Gasteiger partial charge in [-0.2, -0.15) is 0 Å². The van der Waals surface area contributed by atoms with Crippen molar-refractivity contribution < 1.29 is 23.8 Å². The van der Waals surface area contributed by atoms with Gasteiger partial charge in [-0.05, 0) is 46.6 Å². The highest BCUT2D eigenvalue weighted by molar-refractivity contribution is 5.94. The summed E-state index contributed by atoms with van der Waals surface area (Å²) in [5.74, 6) is 0.279. The van der Waals surface area contributed by atoms with E-state index in [0.29, 0.717) is 57.2 Å². The van der Waals surface area contributed by atoms with Crippen molar-refractivity contribution in [2.75, 3.05) is 32.9 Å². The Bertz CT molecular complexity index is 634. The number of carbonyl (C=O) groups is 2. The lowest BCUT2D eigenvalue weighted by Crippen LogP contribution is -2.46. The first-order valence-corrected chi connectivity index (χ1v) is 9.74. The maximum absolute atomic E-state index is 12.4. The third kappa shape index (κ3) is 7.34. The summed E-state index contributed by atoms with van der Waals surface area (Å²) in [7, 11) is 0. The number of hydrogen-bond acceptors (Lipinski definition) is 6. The van der Waals surface area contributed by atoms with E-state index < -0.39 is 0 Å². The number of carbonyl (C=O) groups excluding carboxylic acids is 2. The van der Waals surface area contributed by atoms with E-state index in [2.05, 4.69) is 10.3 Å². The molecular formula is C20H31N3O5. The van der Waals surface area contributed by atoms with E-state index >= 15 is 0 Å². The molecule has 1 aliphatic heterocycles. The van der Waals surface area contributed by atoms with E-state index in [1.165, 1.54) is 6.20 Å². The molecule has 1 N–H and O–H groups in total. The zero-order valence-electron chi connectivity index (χ0n) is 17.2. The molecule has 1 aliphatic rings. The molecule has 0 atom stereocenters. The second kappa shape index (κ2) is 10.3. The van der Waals surface area contributed by atoms with Gasteiger partial charge in [-0.15, -0.1) is 0 Å². The van der Waals surface area contributed by atoms with E-state index in [-0.39, 0.29) is 23.6 Å². The minimum atomic E-state index is -0.292. The van der Waals surface area contributed by atoms with Crippen LogP contribution in [-0.2, 0) is 9.47 Å². The Kier molecular flexibility index (Phi) is 8.04. The smallest absolute Gasteiger partial charge is 0.409 e. The van der Waals surface area contributed by atoms with Crippen LogP contribution in [0.4, 0.5) is 4.79 Å². The summed E-state index contributed by atoms with van der Waals surface area (Å²) in [5.41, 5.74) is 0.275. The third-order valence-electron chi connectivity index (χ3n) is 4.22. The summed E-state index contributed by atoms with van der Waals surface area (Å²) in [6.07, 6.45) is 2.61. The fraction of sp³-hybridized carbons (Fsp3) is 0.650. The van der Waals surface area contributed by atoms with Gasteiger partial charge >= 0.3 is 6.09 Å². The average Bonchev–Trinajstić information content (AvgIpc) is 2.66. The quantitative estimate of drug-likeness (QED) is 0.716.